The quantitative estimate of drug-likeness (QED) is 0.338. The van der Waals surface area contributed by atoms with E-state index in [4.69, 9.17) is 15.9 Å². The second-order valence-electron chi connectivity index (χ2n) is 4.95. The maximum absolute atomic E-state index is 10.4. The third-order valence-electron chi connectivity index (χ3n) is 4.24. The van der Waals surface area contributed by atoms with Crippen molar-refractivity contribution in [2.24, 2.45) is 5.92 Å². The van der Waals surface area contributed by atoms with E-state index in [-0.39, 0.29) is 12.3 Å². The number of rotatable bonds is 4. The molecule has 1 fully saturated rings. The second kappa shape index (κ2) is 5.63. The highest BCUT2D eigenvalue weighted by molar-refractivity contribution is 9.16. The van der Waals surface area contributed by atoms with Crippen LogP contribution in [0.4, 0.5) is 0 Å². The molecule has 0 amide bonds. The summed E-state index contributed by atoms with van der Waals surface area (Å²) in [6.07, 6.45) is 5.58. The highest BCUT2D eigenvalue weighted by atomic mass is 79.9. The van der Waals surface area contributed by atoms with Crippen LogP contribution in [0.1, 0.15) is 12.8 Å². The summed E-state index contributed by atoms with van der Waals surface area (Å²) in [4.78, 5) is 0. The number of halogens is 4. The molecule has 0 heterocycles. The van der Waals surface area contributed by atoms with Crippen LogP contribution in [0.5, 0.6) is 0 Å². The van der Waals surface area contributed by atoms with Crippen LogP contribution in [0.15, 0.2) is 8.96 Å². The third-order valence-corrected chi connectivity index (χ3v) is 10.7. The zero-order valence-corrected chi connectivity index (χ0v) is 17.3. The fourth-order valence-electron chi connectivity index (χ4n) is 3.35. The van der Waals surface area contributed by atoms with Crippen LogP contribution < -0.4 is 0 Å². The van der Waals surface area contributed by atoms with E-state index in [1.165, 1.54) is 0 Å². The van der Waals surface area contributed by atoms with E-state index in [0.717, 1.165) is 8.96 Å². The monoisotopic (exact) mass is 534 g/mol. The standard InChI is InChI=1S/C13H14Br4O3/c1-4-5-8(18)7-6-11(16)9(14)10(15)12(7,17)13(11,19-2)20-3/h1,7-8,18H,5-6H2,2-3H3/t7-,8+,11-,12+/m1/s1. The van der Waals surface area contributed by atoms with Gasteiger partial charge in [-0.05, 0) is 6.42 Å². The van der Waals surface area contributed by atoms with Crippen molar-refractivity contribution in [3.05, 3.63) is 8.96 Å². The van der Waals surface area contributed by atoms with Crippen LogP contribution in [0.2, 0.25) is 0 Å². The highest BCUT2D eigenvalue weighted by Crippen LogP contribution is 2.74. The Balaban J connectivity index is 2.61. The Morgan fingerprint density at radius 3 is 2.30 bits per heavy atom. The van der Waals surface area contributed by atoms with Crippen LogP contribution in [0, 0.1) is 18.3 Å². The van der Waals surface area contributed by atoms with Crippen molar-refractivity contribution >= 4 is 63.7 Å². The molecule has 2 aliphatic carbocycles. The lowest BCUT2D eigenvalue weighted by atomic mass is 9.86. The number of aliphatic hydroxyl groups excluding tert-OH is 1. The van der Waals surface area contributed by atoms with Crippen molar-refractivity contribution in [1.82, 2.24) is 0 Å². The molecule has 1 N–H and O–H groups in total. The fourth-order valence-corrected chi connectivity index (χ4v) is 8.29. The van der Waals surface area contributed by atoms with Gasteiger partial charge in [-0.15, -0.1) is 12.3 Å². The summed E-state index contributed by atoms with van der Waals surface area (Å²) in [5.74, 6) is 1.37. The van der Waals surface area contributed by atoms with Crippen LogP contribution in [0.25, 0.3) is 0 Å². The molecule has 2 bridgehead atoms. The van der Waals surface area contributed by atoms with Gasteiger partial charge in [0.15, 0.2) is 0 Å². The summed E-state index contributed by atoms with van der Waals surface area (Å²) in [6, 6.07) is 0. The summed E-state index contributed by atoms with van der Waals surface area (Å²) < 4.78 is 12.0. The van der Waals surface area contributed by atoms with E-state index < -0.39 is 20.5 Å². The molecule has 0 aromatic carbocycles. The summed E-state index contributed by atoms with van der Waals surface area (Å²) in [5, 5.41) is 10.4. The first-order valence-electron chi connectivity index (χ1n) is 5.92. The molecular formula is C13H14Br4O3. The molecule has 4 atom stereocenters. The molecule has 0 aromatic heterocycles. The maximum Gasteiger partial charge on any atom is 0.208 e. The van der Waals surface area contributed by atoms with E-state index >= 15 is 0 Å². The van der Waals surface area contributed by atoms with E-state index in [0.29, 0.717) is 6.42 Å². The minimum absolute atomic E-state index is 0.159. The molecule has 3 nitrogen and oxygen atoms in total. The van der Waals surface area contributed by atoms with Crippen LogP contribution in [-0.4, -0.2) is 39.9 Å². The normalized spacial score (nSPS) is 40.0. The lowest BCUT2D eigenvalue weighted by Crippen LogP contribution is -2.57. The molecule has 20 heavy (non-hydrogen) atoms. The molecule has 7 heteroatoms. The van der Waals surface area contributed by atoms with Gasteiger partial charge in [0.2, 0.25) is 5.79 Å². The first-order chi connectivity index (χ1) is 9.26. The molecule has 0 aromatic rings. The summed E-state index contributed by atoms with van der Waals surface area (Å²) >= 11 is 14.7. The van der Waals surface area contributed by atoms with Crippen molar-refractivity contribution < 1.29 is 14.6 Å². The van der Waals surface area contributed by atoms with E-state index in [1.807, 2.05) is 0 Å². The van der Waals surface area contributed by atoms with Crippen molar-refractivity contribution in [2.75, 3.05) is 14.2 Å². The lowest BCUT2D eigenvalue weighted by molar-refractivity contribution is -0.214. The number of aliphatic hydroxyl groups is 1. The van der Waals surface area contributed by atoms with Crippen LogP contribution in [-0.2, 0) is 9.47 Å². The average molecular weight is 538 g/mol. The van der Waals surface area contributed by atoms with E-state index in [2.05, 4.69) is 69.6 Å². The zero-order valence-electron chi connectivity index (χ0n) is 10.9. The molecule has 0 unspecified atom stereocenters. The Bertz CT molecular complexity index is 496. The predicted octanol–water partition coefficient (Wildman–Crippen LogP) is 3.66. The predicted molar refractivity (Wildman–Crippen MR) is 92.5 cm³/mol. The lowest BCUT2D eigenvalue weighted by Gasteiger charge is -2.42. The number of methoxy groups -OCH3 is 2. The molecule has 112 valence electrons. The van der Waals surface area contributed by atoms with Gasteiger partial charge in [0.05, 0.1) is 6.10 Å². The van der Waals surface area contributed by atoms with Gasteiger partial charge in [0.25, 0.3) is 0 Å². The van der Waals surface area contributed by atoms with E-state index in [1.54, 1.807) is 14.2 Å². The number of alkyl halides is 2. The second-order valence-corrected chi connectivity index (χ2v) is 9.14. The number of fused-ring (bicyclic) bond motifs is 2. The van der Waals surface area contributed by atoms with Gasteiger partial charge in [-0.2, -0.15) is 0 Å². The van der Waals surface area contributed by atoms with Crippen molar-refractivity contribution in [3.8, 4) is 12.3 Å². The van der Waals surface area contributed by atoms with Crippen molar-refractivity contribution in [3.63, 3.8) is 0 Å². The zero-order chi connectivity index (χ0) is 15.3. The Kier molecular flexibility index (Phi) is 4.91. The van der Waals surface area contributed by atoms with Gasteiger partial charge >= 0.3 is 0 Å². The minimum atomic E-state index is -0.988. The SMILES string of the molecule is C#CC[C@H](O)[C@H]1C[C@@]2(Br)C(Br)=C(Br)[C@]1(Br)C2(OC)OC. The van der Waals surface area contributed by atoms with Gasteiger partial charge < -0.3 is 14.6 Å². The van der Waals surface area contributed by atoms with Gasteiger partial charge in [0, 0.05) is 35.5 Å². The smallest absolute Gasteiger partial charge is 0.208 e. The highest BCUT2D eigenvalue weighted by Gasteiger charge is 2.80. The molecule has 2 aliphatic rings. The van der Waals surface area contributed by atoms with E-state index in [9.17, 15) is 5.11 Å². The molecule has 1 saturated carbocycles. The molecule has 0 spiro atoms. The first kappa shape index (κ1) is 17.5. The number of ether oxygens (including phenoxy) is 2. The molecule has 2 rings (SSSR count). The van der Waals surface area contributed by atoms with Crippen LogP contribution in [0.3, 0.4) is 0 Å². The Labute approximate surface area is 152 Å². The van der Waals surface area contributed by atoms with Gasteiger partial charge in [-0.25, -0.2) is 0 Å². The van der Waals surface area contributed by atoms with Gasteiger partial charge in [-0.1, -0.05) is 63.7 Å². The van der Waals surface area contributed by atoms with Gasteiger partial charge in [0.1, 0.15) is 8.65 Å². The Morgan fingerprint density at radius 1 is 1.35 bits per heavy atom. The molecule has 0 saturated heterocycles. The molecule has 0 radical (unpaired) electrons. The summed E-state index contributed by atoms with van der Waals surface area (Å²) in [6.45, 7) is 0. The average Bonchev–Trinajstić information content (AvgIpc) is 2.70. The number of terminal acetylenes is 1. The fraction of sp³-hybridized carbons (Fsp3) is 0.692. The maximum atomic E-state index is 10.4. The van der Waals surface area contributed by atoms with Crippen molar-refractivity contribution in [2.45, 2.75) is 33.4 Å². The third kappa shape index (κ3) is 1.79. The summed E-state index contributed by atoms with van der Waals surface area (Å²) in [7, 11) is 3.19. The summed E-state index contributed by atoms with van der Waals surface area (Å²) in [5.41, 5.74) is 0. The van der Waals surface area contributed by atoms with Crippen LogP contribution >= 0.6 is 63.7 Å². The number of hydrogen-bond acceptors (Lipinski definition) is 3. The Hall–Kier alpha value is 1.10. The minimum Gasteiger partial charge on any atom is -0.392 e. The van der Waals surface area contributed by atoms with Crippen molar-refractivity contribution in [1.29, 1.82) is 0 Å². The van der Waals surface area contributed by atoms with Gasteiger partial charge in [-0.3, -0.25) is 0 Å². The topological polar surface area (TPSA) is 38.7 Å². The molecular weight excluding hydrogens is 524 g/mol. The largest absolute Gasteiger partial charge is 0.392 e. The Morgan fingerprint density at radius 2 is 1.90 bits per heavy atom. The first-order valence-corrected chi connectivity index (χ1v) is 9.10. The molecule has 0 aliphatic heterocycles. The number of hydrogen-bond donors (Lipinski definition) is 1.